The standard InChI is InChI=1S/C24H18F26O4/c1-9(10(51)53-6-4-13(25,26)15(29,30)17(33,34)19(37,38)21(41,42)23(45,46)47)8-12(2,3)11(52)54-7-5-14(27,28)16(31,32)18(35,36)20(39,40)22(43,44)24(48,49)50/h1,4-8H2,2-3H3. The van der Waals surface area contributed by atoms with Gasteiger partial charge in [-0.15, -0.1) is 0 Å². The van der Waals surface area contributed by atoms with Crippen LogP contribution in [0.5, 0.6) is 0 Å². The maximum atomic E-state index is 13.9. The van der Waals surface area contributed by atoms with Gasteiger partial charge in [0.05, 0.1) is 31.5 Å². The van der Waals surface area contributed by atoms with Crippen LogP contribution in [-0.2, 0) is 19.1 Å². The van der Waals surface area contributed by atoms with E-state index >= 15 is 0 Å². The monoisotopic (exact) mass is 864 g/mol. The zero-order valence-corrected chi connectivity index (χ0v) is 25.7. The van der Waals surface area contributed by atoms with Gasteiger partial charge in [-0.3, -0.25) is 4.79 Å². The van der Waals surface area contributed by atoms with Crippen LogP contribution in [0.1, 0.15) is 33.1 Å². The number of carbonyl (C=O) groups is 2. The van der Waals surface area contributed by atoms with E-state index in [0.29, 0.717) is 13.8 Å². The second-order valence-electron chi connectivity index (χ2n) is 11.4. The quantitative estimate of drug-likeness (QED) is 0.0783. The van der Waals surface area contributed by atoms with E-state index in [1.807, 2.05) is 0 Å². The summed E-state index contributed by atoms with van der Waals surface area (Å²) in [6.07, 6.45) is -22.7. The first kappa shape index (κ1) is 50.9. The molecule has 30 heteroatoms. The number of alkyl halides is 26. The van der Waals surface area contributed by atoms with Gasteiger partial charge in [0.1, 0.15) is 0 Å². The lowest BCUT2D eigenvalue weighted by Gasteiger charge is -2.39. The van der Waals surface area contributed by atoms with E-state index in [1.54, 1.807) is 0 Å². The van der Waals surface area contributed by atoms with Gasteiger partial charge in [0.25, 0.3) is 0 Å². The molecule has 0 aliphatic heterocycles. The summed E-state index contributed by atoms with van der Waals surface area (Å²) < 4.78 is 350. The van der Waals surface area contributed by atoms with E-state index in [0.717, 1.165) is 0 Å². The fourth-order valence-electron chi connectivity index (χ4n) is 3.44. The van der Waals surface area contributed by atoms with E-state index in [-0.39, 0.29) is 0 Å². The van der Waals surface area contributed by atoms with Crippen molar-refractivity contribution in [2.45, 2.75) is 105 Å². The topological polar surface area (TPSA) is 52.6 Å². The van der Waals surface area contributed by atoms with Crippen molar-refractivity contribution in [2.24, 2.45) is 5.41 Å². The van der Waals surface area contributed by atoms with Crippen molar-refractivity contribution < 1.29 is 133 Å². The summed E-state index contributed by atoms with van der Waals surface area (Å²) in [6.45, 7) is -0.630. The van der Waals surface area contributed by atoms with Crippen LogP contribution in [0.25, 0.3) is 0 Å². The molecule has 0 aromatic carbocycles. The third-order valence-electron chi connectivity index (χ3n) is 6.79. The Hall–Kier alpha value is -3.14. The number of hydrogen-bond donors (Lipinski definition) is 0. The number of esters is 2. The average Bonchev–Trinajstić information content (AvgIpc) is 2.94. The molecule has 0 radical (unpaired) electrons. The van der Waals surface area contributed by atoms with Crippen molar-refractivity contribution in [3.63, 3.8) is 0 Å². The molecule has 0 aromatic heterocycles. The smallest absolute Gasteiger partial charge is 0.460 e. The predicted molar refractivity (Wildman–Crippen MR) is 120 cm³/mol. The molecule has 0 rings (SSSR count). The Balaban J connectivity index is 5.67. The largest absolute Gasteiger partial charge is 0.465 e. The first-order valence-corrected chi connectivity index (χ1v) is 13.1. The molecule has 320 valence electrons. The maximum Gasteiger partial charge on any atom is 0.460 e. The third kappa shape index (κ3) is 8.34. The lowest BCUT2D eigenvalue weighted by molar-refractivity contribution is -0.440. The van der Waals surface area contributed by atoms with Crippen molar-refractivity contribution >= 4 is 11.9 Å². The number of carbonyl (C=O) groups excluding carboxylic acids is 2. The molecule has 0 spiro atoms. The summed E-state index contributed by atoms with van der Waals surface area (Å²) in [7, 11) is 0. The first-order chi connectivity index (χ1) is 23.1. The lowest BCUT2D eigenvalue weighted by Crippen LogP contribution is -2.70. The summed E-state index contributed by atoms with van der Waals surface area (Å²) in [5, 5.41) is 0. The fraction of sp³-hybridized carbons (Fsp3) is 0.833. The number of halogens is 26. The minimum absolute atomic E-state index is 0.572. The molecule has 0 saturated carbocycles. The minimum atomic E-state index is -8.23. The molecule has 0 bridgehead atoms. The zero-order chi connectivity index (χ0) is 44.2. The Labute approximate surface area is 281 Å². The van der Waals surface area contributed by atoms with Crippen molar-refractivity contribution in [3.8, 4) is 0 Å². The van der Waals surface area contributed by atoms with E-state index in [1.165, 1.54) is 0 Å². The molecule has 0 aliphatic carbocycles. The lowest BCUT2D eigenvalue weighted by atomic mass is 9.86. The van der Waals surface area contributed by atoms with Crippen molar-refractivity contribution in [1.82, 2.24) is 0 Å². The van der Waals surface area contributed by atoms with E-state index in [9.17, 15) is 124 Å². The van der Waals surface area contributed by atoms with Crippen molar-refractivity contribution in [2.75, 3.05) is 13.2 Å². The molecular formula is C24H18F26O4. The van der Waals surface area contributed by atoms with Gasteiger partial charge in [-0.2, -0.15) is 114 Å². The predicted octanol–water partition coefficient (Wildman–Crippen LogP) is 10.3. The highest BCUT2D eigenvalue weighted by Crippen LogP contribution is 2.62. The Morgan fingerprint density at radius 1 is 0.426 bits per heavy atom. The van der Waals surface area contributed by atoms with E-state index in [4.69, 9.17) is 0 Å². The molecule has 0 fully saturated rings. The number of hydrogen-bond acceptors (Lipinski definition) is 4. The summed E-state index contributed by atoms with van der Waals surface area (Å²) in [4.78, 5) is 24.0. The Bertz CT molecular complexity index is 1370. The van der Waals surface area contributed by atoms with Crippen LogP contribution in [0, 0.1) is 5.41 Å². The molecule has 0 aliphatic rings. The van der Waals surface area contributed by atoms with Gasteiger partial charge >= 0.3 is 83.5 Å². The molecular weight excluding hydrogens is 846 g/mol. The second kappa shape index (κ2) is 14.4. The molecule has 54 heavy (non-hydrogen) atoms. The molecule has 0 atom stereocenters. The van der Waals surface area contributed by atoms with Gasteiger partial charge in [-0.25, -0.2) is 4.79 Å². The molecule has 0 amide bonds. The SMILES string of the molecule is C=C(CC(C)(C)C(=O)OCCC(F)(F)C(F)(F)C(F)(F)C(F)(F)C(F)(F)C(F)(F)F)C(=O)OCCC(F)(F)C(F)(F)C(F)(F)C(F)(F)C(F)(F)C(F)(F)F. The third-order valence-corrected chi connectivity index (χ3v) is 6.79. The van der Waals surface area contributed by atoms with Crippen molar-refractivity contribution in [1.29, 1.82) is 0 Å². The van der Waals surface area contributed by atoms with Crippen LogP contribution < -0.4 is 0 Å². The van der Waals surface area contributed by atoms with Crippen molar-refractivity contribution in [3.05, 3.63) is 12.2 Å². The van der Waals surface area contributed by atoms with Gasteiger partial charge in [0.2, 0.25) is 0 Å². The van der Waals surface area contributed by atoms with Crippen LogP contribution >= 0.6 is 0 Å². The Kier molecular flexibility index (Phi) is 13.6. The van der Waals surface area contributed by atoms with E-state index in [2.05, 4.69) is 16.1 Å². The fourth-order valence-corrected chi connectivity index (χ4v) is 3.44. The molecule has 0 saturated heterocycles. The maximum absolute atomic E-state index is 13.9. The molecule has 0 unspecified atom stereocenters. The van der Waals surface area contributed by atoms with Crippen LogP contribution in [0.4, 0.5) is 114 Å². The molecule has 0 N–H and O–H groups in total. The Morgan fingerprint density at radius 2 is 0.685 bits per heavy atom. The van der Waals surface area contributed by atoms with Crippen LogP contribution in [0.2, 0.25) is 0 Å². The summed E-state index contributed by atoms with van der Waals surface area (Å²) in [5.74, 6) is -81.9. The molecule has 0 heterocycles. The second-order valence-corrected chi connectivity index (χ2v) is 11.4. The van der Waals surface area contributed by atoms with Crippen LogP contribution in [-0.4, -0.2) is 96.7 Å². The highest BCUT2D eigenvalue weighted by atomic mass is 19.4. The highest BCUT2D eigenvalue weighted by molar-refractivity contribution is 5.89. The van der Waals surface area contributed by atoms with Gasteiger partial charge in [0.15, 0.2) is 0 Å². The van der Waals surface area contributed by atoms with Crippen LogP contribution in [0.3, 0.4) is 0 Å². The number of ether oxygens (including phenoxy) is 2. The zero-order valence-electron chi connectivity index (χ0n) is 25.7. The van der Waals surface area contributed by atoms with Gasteiger partial charge in [-0.05, 0) is 20.3 Å². The first-order valence-electron chi connectivity index (χ1n) is 13.1. The van der Waals surface area contributed by atoms with Crippen LogP contribution in [0.15, 0.2) is 12.2 Å². The normalized spacial score (nSPS) is 15.6. The molecule has 0 aromatic rings. The van der Waals surface area contributed by atoms with Gasteiger partial charge in [0, 0.05) is 5.57 Å². The highest BCUT2D eigenvalue weighted by Gasteiger charge is 2.92. The molecule has 4 nitrogen and oxygen atoms in total. The number of rotatable bonds is 18. The summed E-state index contributed by atoms with van der Waals surface area (Å²) in [6, 6.07) is 0. The Morgan fingerprint density at radius 3 is 0.963 bits per heavy atom. The van der Waals surface area contributed by atoms with Gasteiger partial charge in [-0.1, -0.05) is 6.58 Å². The van der Waals surface area contributed by atoms with Gasteiger partial charge < -0.3 is 9.47 Å². The van der Waals surface area contributed by atoms with E-state index < -0.39 is 127 Å². The summed E-state index contributed by atoms with van der Waals surface area (Å²) >= 11 is 0. The minimum Gasteiger partial charge on any atom is -0.465 e. The summed E-state index contributed by atoms with van der Waals surface area (Å²) in [5.41, 5.74) is -3.69. The average molecular weight is 864 g/mol.